The van der Waals surface area contributed by atoms with Gasteiger partial charge >= 0.3 is 5.97 Å². The van der Waals surface area contributed by atoms with Gasteiger partial charge in [-0.05, 0) is 86.3 Å². The maximum Gasteiger partial charge on any atom is 0.349 e. The number of aliphatic hydroxyl groups is 2. The van der Waals surface area contributed by atoms with E-state index in [9.17, 15) is 19.2 Å². The van der Waals surface area contributed by atoms with Crippen molar-refractivity contribution in [3.05, 3.63) is 87.6 Å². The highest BCUT2D eigenvalue weighted by atomic mass is 32.2. The highest BCUT2D eigenvalue weighted by Gasteiger charge is 2.45. The molecule has 8 heteroatoms. The van der Waals surface area contributed by atoms with Crippen molar-refractivity contribution in [3.63, 3.8) is 0 Å². The molecule has 0 saturated carbocycles. The Morgan fingerprint density at radius 2 is 1.88 bits per heavy atom. The van der Waals surface area contributed by atoms with Gasteiger partial charge in [-0.3, -0.25) is 0 Å². The number of hydrogen-bond donors (Lipinski definition) is 2. The topological polar surface area (TPSA) is 93.1 Å². The van der Waals surface area contributed by atoms with Crippen molar-refractivity contribution in [2.75, 3.05) is 0 Å². The highest BCUT2D eigenvalue weighted by molar-refractivity contribution is 8.04. The van der Waals surface area contributed by atoms with Crippen LogP contribution in [-0.2, 0) is 26.0 Å². The predicted molar refractivity (Wildman–Crippen MR) is 174 cm³/mol. The van der Waals surface area contributed by atoms with Gasteiger partial charge in [-0.25, -0.2) is 9.00 Å². The Bertz CT molecular complexity index is 1460. The molecule has 232 valence electrons. The molecule has 43 heavy (non-hydrogen) atoms. The van der Waals surface area contributed by atoms with Gasteiger partial charge in [0.1, 0.15) is 22.0 Å². The smallest absolute Gasteiger partial charge is 0.349 e. The van der Waals surface area contributed by atoms with Crippen molar-refractivity contribution in [1.29, 1.82) is 0 Å². The predicted octanol–water partition coefficient (Wildman–Crippen LogP) is 8.32. The fourth-order valence-electron chi connectivity index (χ4n) is 5.39. The van der Waals surface area contributed by atoms with Gasteiger partial charge in [0, 0.05) is 11.3 Å². The molecular formula is C35H44O6S2. The maximum absolute atomic E-state index is 13.6. The summed E-state index contributed by atoms with van der Waals surface area (Å²) in [6.45, 7) is 14.2. The molecule has 2 N–H and O–H groups in total. The van der Waals surface area contributed by atoms with E-state index in [0.717, 1.165) is 33.6 Å². The van der Waals surface area contributed by atoms with Crippen molar-refractivity contribution in [1.82, 2.24) is 0 Å². The van der Waals surface area contributed by atoms with Gasteiger partial charge in [-0.15, -0.1) is 0 Å². The van der Waals surface area contributed by atoms with Crippen molar-refractivity contribution in [2.45, 2.75) is 107 Å². The summed E-state index contributed by atoms with van der Waals surface area (Å²) in [5.74, 6) is 0.0773. The number of hydrogen-bond acceptors (Lipinski definition) is 7. The van der Waals surface area contributed by atoms with Crippen LogP contribution in [0.15, 0.2) is 80.7 Å². The lowest BCUT2D eigenvalue weighted by atomic mass is 9.77. The van der Waals surface area contributed by atoms with Crippen LogP contribution >= 0.6 is 11.8 Å². The van der Waals surface area contributed by atoms with E-state index in [-0.39, 0.29) is 28.4 Å². The van der Waals surface area contributed by atoms with Gasteiger partial charge in [0.25, 0.3) is 0 Å². The zero-order valence-corrected chi connectivity index (χ0v) is 27.9. The molecule has 0 spiro atoms. The Morgan fingerprint density at radius 3 is 2.47 bits per heavy atom. The molecule has 1 aliphatic carbocycles. The molecule has 4 unspecified atom stereocenters. The fraction of sp³-hybridized carbons (Fsp3) is 0.457. The Morgan fingerprint density at radius 1 is 1.19 bits per heavy atom. The molecule has 4 rings (SSSR count). The van der Waals surface area contributed by atoms with Gasteiger partial charge in [0.2, 0.25) is 11.1 Å². The van der Waals surface area contributed by atoms with Crippen LogP contribution in [0.25, 0.3) is 0 Å². The molecular weight excluding hydrogens is 581 g/mol. The van der Waals surface area contributed by atoms with E-state index >= 15 is 0 Å². The summed E-state index contributed by atoms with van der Waals surface area (Å²) in [6, 6.07) is 11.2. The summed E-state index contributed by atoms with van der Waals surface area (Å²) in [7, 11) is 0. The molecule has 0 aromatic heterocycles. The molecule has 2 aromatic rings. The number of allylic oxidation sites excluding steroid dienone is 2. The molecule has 2 aromatic carbocycles. The summed E-state index contributed by atoms with van der Waals surface area (Å²) in [6.07, 6.45) is 8.19. The number of aryl methyl sites for hydroxylation is 2. The van der Waals surface area contributed by atoms with E-state index in [1.807, 2.05) is 50.3 Å². The highest BCUT2D eigenvalue weighted by Crippen LogP contribution is 2.47. The number of ether oxygens (including phenoxy) is 1. The standard InChI is InChI=1S/C35H44O6S2/c1-8-24(4)35(18-17-25-11-13-26(36)14-12-25)21-29(37)32(33(38)40-35)42-31-19-23(3)30(20-28(31)34(5,6)7)41-43(39)27-15-9-22(2)10-16-27/h9-13,15-16,19-20,24,26,36-37H,8,14,17-18,21H2,1-7H3. The van der Waals surface area contributed by atoms with E-state index in [1.165, 1.54) is 11.8 Å². The second-order valence-corrected chi connectivity index (χ2v) is 14.9. The first-order chi connectivity index (χ1) is 20.2. The van der Waals surface area contributed by atoms with Crippen molar-refractivity contribution in [2.24, 2.45) is 5.92 Å². The van der Waals surface area contributed by atoms with E-state index in [4.69, 9.17) is 8.92 Å². The van der Waals surface area contributed by atoms with E-state index in [0.29, 0.717) is 29.9 Å². The monoisotopic (exact) mass is 624 g/mol. The van der Waals surface area contributed by atoms with Crippen LogP contribution < -0.4 is 4.18 Å². The second-order valence-electron chi connectivity index (χ2n) is 12.8. The summed E-state index contributed by atoms with van der Waals surface area (Å²) in [4.78, 5) is 15.2. The van der Waals surface area contributed by atoms with Crippen LogP contribution in [0.3, 0.4) is 0 Å². The zero-order chi connectivity index (χ0) is 31.5. The second kappa shape index (κ2) is 13.4. The molecule has 0 amide bonds. The summed E-state index contributed by atoms with van der Waals surface area (Å²) >= 11 is -0.470. The number of rotatable bonds is 10. The fourth-order valence-corrected chi connectivity index (χ4v) is 7.43. The van der Waals surface area contributed by atoms with Crippen molar-refractivity contribution >= 4 is 28.8 Å². The van der Waals surface area contributed by atoms with Crippen molar-refractivity contribution in [3.8, 4) is 5.75 Å². The molecule has 0 radical (unpaired) electrons. The molecule has 0 bridgehead atoms. The van der Waals surface area contributed by atoms with Gasteiger partial charge in [0.15, 0.2) is 0 Å². The molecule has 6 nitrogen and oxygen atoms in total. The first-order valence-electron chi connectivity index (χ1n) is 14.9. The Labute approximate surface area is 262 Å². The number of benzene rings is 2. The molecule has 0 saturated heterocycles. The Hall–Kier alpha value is -2.81. The van der Waals surface area contributed by atoms with Gasteiger partial charge in [0.05, 0.1) is 11.0 Å². The quantitative estimate of drug-likeness (QED) is 0.257. The lowest BCUT2D eigenvalue weighted by Crippen LogP contribution is -2.45. The molecule has 1 heterocycles. The first kappa shape index (κ1) is 33.1. The van der Waals surface area contributed by atoms with Gasteiger partial charge in [-0.2, -0.15) is 0 Å². The van der Waals surface area contributed by atoms with Crippen LogP contribution in [0.4, 0.5) is 0 Å². The number of carbonyl (C=O) groups excluding carboxylic acids is 1. The van der Waals surface area contributed by atoms with Gasteiger partial charge < -0.3 is 19.1 Å². The third-order valence-electron chi connectivity index (χ3n) is 8.39. The molecule has 0 fully saturated rings. The molecule has 1 aliphatic heterocycles. The first-order valence-corrected chi connectivity index (χ1v) is 16.8. The lowest BCUT2D eigenvalue weighted by molar-refractivity contribution is -0.165. The number of aliphatic hydroxyl groups excluding tert-OH is 2. The minimum Gasteiger partial charge on any atom is -0.511 e. The Kier molecular flexibility index (Phi) is 10.4. The van der Waals surface area contributed by atoms with Crippen LogP contribution in [0.5, 0.6) is 5.75 Å². The number of cyclic esters (lactones) is 1. The van der Waals surface area contributed by atoms with E-state index in [2.05, 4.69) is 34.6 Å². The normalized spacial score (nSPS) is 22.2. The van der Waals surface area contributed by atoms with Crippen molar-refractivity contribution < 1.29 is 28.1 Å². The number of esters is 1. The number of thioether (sulfide) groups is 1. The van der Waals surface area contributed by atoms with Crippen LogP contribution in [-0.4, -0.2) is 32.1 Å². The minimum atomic E-state index is -1.68. The van der Waals surface area contributed by atoms with Crippen LogP contribution in [0.2, 0.25) is 0 Å². The molecule has 4 atom stereocenters. The average Bonchev–Trinajstić information content (AvgIpc) is 2.95. The lowest BCUT2D eigenvalue weighted by Gasteiger charge is -2.41. The van der Waals surface area contributed by atoms with Crippen LogP contribution in [0.1, 0.15) is 83.4 Å². The summed E-state index contributed by atoms with van der Waals surface area (Å²) in [5, 5.41) is 21.1. The summed E-state index contributed by atoms with van der Waals surface area (Å²) < 4.78 is 25.2. The summed E-state index contributed by atoms with van der Waals surface area (Å²) in [5.41, 5.74) is 2.71. The third-order valence-corrected chi connectivity index (χ3v) is 10.5. The van der Waals surface area contributed by atoms with Crippen LogP contribution in [0, 0.1) is 19.8 Å². The third kappa shape index (κ3) is 7.83. The van der Waals surface area contributed by atoms with E-state index in [1.54, 1.807) is 18.2 Å². The minimum absolute atomic E-state index is 0.0436. The SMILES string of the molecule is CCC(C)C1(CCC2=CCC(O)C=C2)CC(O)=C(Sc2cc(C)c(OS(=O)c3ccc(C)cc3)cc2C(C)(C)C)C(=O)O1. The Balaban J connectivity index is 1.61. The average molecular weight is 625 g/mol. The largest absolute Gasteiger partial charge is 0.511 e. The number of carbonyl (C=O) groups is 1. The maximum atomic E-state index is 13.6. The molecule has 2 aliphatic rings. The zero-order valence-electron chi connectivity index (χ0n) is 26.2. The van der Waals surface area contributed by atoms with E-state index < -0.39 is 28.8 Å². The van der Waals surface area contributed by atoms with Gasteiger partial charge in [-0.1, -0.05) is 87.9 Å².